The second-order valence-electron chi connectivity index (χ2n) is 5.65. The van der Waals surface area contributed by atoms with Crippen molar-refractivity contribution in [3.8, 4) is 0 Å². The average molecular weight is 282 g/mol. The van der Waals surface area contributed by atoms with Gasteiger partial charge >= 0.3 is 0 Å². The molecule has 1 N–H and O–H groups in total. The summed E-state index contributed by atoms with van der Waals surface area (Å²) in [5.41, 5.74) is 0. The van der Waals surface area contributed by atoms with Crippen molar-refractivity contribution in [1.82, 2.24) is 10.3 Å². The van der Waals surface area contributed by atoms with Crippen LogP contribution in [0.2, 0.25) is 0 Å². The molecule has 1 unspecified atom stereocenters. The van der Waals surface area contributed by atoms with E-state index in [1.165, 1.54) is 56.4 Å². The van der Waals surface area contributed by atoms with Gasteiger partial charge in [0.25, 0.3) is 0 Å². The molecule has 3 heteroatoms. The van der Waals surface area contributed by atoms with Gasteiger partial charge in [-0.1, -0.05) is 65.7 Å². The van der Waals surface area contributed by atoms with Crippen molar-refractivity contribution < 1.29 is 0 Å². The summed E-state index contributed by atoms with van der Waals surface area (Å²) in [7, 11) is 0. The quantitative estimate of drug-likeness (QED) is 0.555. The van der Waals surface area contributed by atoms with Crippen LogP contribution in [0.3, 0.4) is 0 Å². The summed E-state index contributed by atoms with van der Waals surface area (Å²) >= 11 is 1.77. The van der Waals surface area contributed by atoms with Gasteiger partial charge in [0.15, 0.2) is 0 Å². The zero-order chi connectivity index (χ0) is 13.9. The first-order valence-electron chi connectivity index (χ1n) is 7.89. The van der Waals surface area contributed by atoms with Gasteiger partial charge in [-0.3, -0.25) is 0 Å². The lowest BCUT2D eigenvalue weighted by atomic mass is 10.0. The van der Waals surface area contributed by atoms with Crippen LogP contribution in [0, 0.1) is 0 Å². The summed E-state index contributed by atoms with van der Waals surface area (Å²) in [6.07, 6.45) is 12.8. The predicted octanol–water partition coefficient (Wildman–Crippen LogP) is 5.32. The number of nitrogens with one attached hydrogen (secondary N) is 1. The minimum Gasteiger partial charge on any atom is -0.306 e. The van der Waals surface area contributed by atoms with Gasteiger partial charge in [-0.2, -0.15) is 0 Å². The van der Waals surface area contributed by atoms with E-state index in [1.807, 2.05) is 6.20 Å². The van der Waals surface area contributed by atoms with E-state index in [2.05, 4.69) is 36.5 Å². The highest BCUT2D eigenvalue weighted by Crippen LogP contribution is 2.23. The minimum atomic E-state index is 0.454. The lowest BCUT2D eigenvalue weighted by Crippen LogP contribution is -2.28. The van der Waals surface area contributed by atoms with E-state index in [-0.39, 0.29) is 0 Å². The number of unbranched alkanes of at least 4 members (excludes halogenated alkanes) is 6. The average Bonchev–Trinajstić information content (AvgIpc) is 2.89. The Labute approximate surface area is 123 Å². The zero-order valence-corrected chi connectivity index (χ0v) is 13.6. The molecule has 0 aliphatic rings. The first-order valence-corrected chi connectivity index (χ1v) is 8.77. The Kier molecular flexibility index (Phi) is 9.10. The van der Waals surface area contributed by atoms with E-state index in [9.17, 15) is 0 Å². The van der Waals surface area contributed by atoms with Crippen molar-refractivity contribution in [2.45, 2.75) is 84.2 Å². The van der Waals surface area contributed by atoms with E-state index in [4.69, 9.17) is 0 Å². The molecule has 0 fully saturated rings. The van der Waals surface area contributed by atoms with Crippen molar-refractivity contribution in [2.75, 3.05) is 0 Å². The third-order valence-electron chi connectivity index (χ3n) is 3.38. The van der Waals surface area contributed by atoms with Crippen LogP contribution in [0.15, 0.2) is 11.6 Å². The summed E-state index contributed by atoms with van der Waals surface area (Å²) < 4.78 is 0. The molecule has 0 saturated heterocycles. The molecule has 0 saturated carbocycles. The van der Waals surface area contributed by atoms with Crippen molar-refractivity contribution in [1.29, 1.82) is 0 Å². The van der Waals surface area contributed by atoms with Gasteiger partial charge in [0.1, 0.15) is 5.01 Å². The largest absolute Gasteiger partial charge is 0.306 e. The van der Waals surface area contributed by atoms with Crippen LogP contribution < -0.4 is 5.32 Å². The lowest BCUT2D eigenvalue weighted by molar-refractivity contribution is 0.429. The lowest BCUT2D eigenvalue weighted by Gasteiger charge is -2.19. The highest BCUT2D eigenvalue weighted by Gasteiger charge is 2.14. The van der Waals surface area contributed by atoms with E-state index in [0.29, 0.717) is 12.1 Å². The molecular weight excluding hydrogens is 252 g/mol. The standard InChI is InChI=1S/C16H30N2S/c1-4-5-6-7-8-9-10-11-15(18-14(2)3)16-17-12-13-19-16/h12-15,18H,4-11H2,1-3H3. The highest BCUT2D eigenvalue weighted by atomic mass is 32.1. The highest BCUT2D eigenvalue weighted by molar-refractivity contribution is 7.09. The van der Waals surface area contributed by atoms with Gasteiger partial charge in [0.05, 0.1) is 6.04 Å². The molecule has 2 nitrogen and oxygen atoms in total. The number of hydrogen-bond acceptors (Lipinski definition) is 3. The van der Waals surface area contributed by atoms with Crippen molar-refractivity contribution in [2.24, 2.45) is 0 Å². The first kappa shape index (κ1) is 16.6. The third kappa shape index (κ3) is 7.68. The van der Waals surface area contributed by atoms with E-state index in [0.717, 1.165) is 0 Å². The SMILES string of the molecule is CCCCCCCCCC(NC(C)C)c1nccs1. The molecule has 0 aromatic carbocycles. The fourth-order valence-electron chi connectivity index (χ4n) is 2.39. The molecule has 1 atom stereocenters. The van der Waals surface area contributed by atoms with E-state index < -0.39 is 0 Å². The van der Waals surface area contributed by atoms with Gasteiger partial charge in [0, 0.05) is 17.6 Å². The van der Waals surface area contributed by atoms with Crippen LogP contribution in [0.5, 0.6) is 0 Å². The van der Waals surface area contributed by atoms with Crippen LogP contribution >= 0.6 is 11.3 Å². The Morgan fingerprint density at radius 2 is 1.79 bits per heavy atom. The van der Waals surface area contributed by atoms with Gasteiger partial charge in [-0.05, 0) is 6.42 Å². The summed E-state index contributed by atoms with van der Waals surface area (Å²) in [5.74, 6) is 0. The van der Waals surface area contributed by atoms with E-state index >= 15 is 0 Å². The zero-order valence-electron chi connectivity index (χ0n) is 12.8. The van der Waals surface area contributed by atoms with Crippen LogP contribution in [-0.2, 0) is 0 Å². The van der Waals surface area contributed by atoms with Crippen LogP contribution in [0.4, 0.5) is 0 Å². The Morgan fingerprint density at radius 3 is 2.37 bits per heavy atom. The molecule has 1 aromatic heterocycles. The topological polar surface area (TPSA) is 24.9 Å². The van der Waals surface area contributed by atoms with Gasteiger partial charge in [-0.15, -0.1) is 11.3 Å². The molecule has 1 rings (SSSR count). The summed E-state index contributed by atoms with van der Waals surface area (Å²) in [6.45, 7) is 6.70. The molecule has 1 heterocycles. The van der Waals surface area contributed by atoms with Crippen LogP contribution in [0.1, 0.15) is 83.2 Å². The normalized spacial score (nSPS) is 13.1. The molecule has 0 bridgehead atoms. The molecule has 19 heavy (non-hydrogen) atoms. The summed E-state index contributed by atoms with van der Waals surface area (Å²) in [6, 6.07) is 0.981. The fourth-order valence-corrected chi connectivity index (χ4v) is 3.13. The van der Waals surface area contributed by atoms with Gasteiger partial charge in [-0.25, -0.2) is 4.98 Å². The maximum Gasteiger partial charge on any atom is 0.109 e. The molecule has 0 aliphatic carbocycles. The molecule has 0 radical (unpaired) electrons. The molecular formula is C16H30N2S. The Balaban J connectivity index is 2.19. The third-order valence-corrected chi connectivity index (χ3v) is 4.27. The van der Waals surface area contributed by atoms with Gasteiger partial charge in [0.2, 0.25) is 0 Å². The second-order valence-corrected chi connectivity index (χ2v) is 6.58. The fraction of sp³-hybridized carbons (Fsp3) is 0.812. The molecule has 0 amide bonds. The number of nitrogens with zero attached hydrogens (tertiary/aromatic N) is 1. The molecule has 0 aliphatic heterocycles. The Bertz CT molecular complexity index is 296. The van der Waals surface area contributed by atoms with Crippen LogP contribution in [-0.4, -0.2) is 11.0 Å². The molecule has 0 spiro atoms. The number of rotatable bonds is 11. The maximum atomic E-state index is 4.47. The van der Waals surface area contributed by atoms with Crippen molar-refractivity contribution in [3.05, 3.63) is 16.6 Å². The summed E-state index contributed by atoms with van der Waals surface area (Å²) in [5, 5.41) is 6.97. The number of thiazole rings is 1. The minimum absolute atomic E-state index is 0.454. The summed E-state index contributed by atoms with van der Waals surface area (Å²) in [4.78, 5) is 4.47. The van der Waals surface area contributed by atoms with Crippen molar-refractivity contribution in [3.63, 3.8) is 0 Å². The number of hydrogen-bond donors (Lipinski definition) is 1. The van der Waals surface area contributed by atoms with Crippen molar-refractivity contribution >= 4 is 11.3 Å². The van der Waals surface area contributed by atoms with E-state index in [1.54, 1.807) is 11.3 Å². The molecule has 110 valence electrons. The predicted molar refractivity (Wildman–Crippen MR) is 85.7 cm³/mol. The Morgan fingerprint density at radius 1 is 1.11 bits per heavy atom. The smallest absolute Gasteiger partial charge is 0.109 e. The monoisotopic (exact) mass is 282 g/mol. The number of aromatic nitrogens is 1. The first-order chi connectivity index (χ1) is 9.24. The maximum absolute atomic E-state index is 4.47. The van der Waals surface area contributed by atoms with Crippen LogP contribution in [0.25, 0.3) is 0 Å². The second kappa shape index (κ2) is 10.4. The van der Waals surface area contributed by atoms with Gasteiger partial charge < -0.3 is 5.32 Å². The Hall–Kier alpha value is -0.410. The molecule has 1 aromatic rings.